The molecule has 72 valence electrons. The van der Waals surface area contributed by atoms with Crippen molar-refractivity contribution in [2.24, 2.45) is 5.92 Å². The average molecular weight is 255 g/mol. The normalized spacial score (nSPS) is 32.1. The summed E-state index contributed by atoms with van der Waals surface area (Å²) in [5, 5.41) is 0.899. The maximum Gasteiger partial charge on any atom is 0.155 e. The smallest absolute Gasteiger partial charge is 0.155 e. The highest BCUT2D eigenvalue weighted by atomic mass is 79.9. The highest BCUT2D eigenvalue weighted by Gasteiger charge is 2.46. The van der Waals surface area contributed by atoms with Gasteiger partial charge in [-0.1, -0.05) is 15.9 Å². The van der Waals surface area contributed by atoms with Crippen molar-refractivity contribution in [1.82, 2.24) is 0 Å². The molecule has 0 bridgehead atoms. The molecule has 0 saturated carbocycles. The van der Waals surface area contributed by atoms with E-state index >= 15 is 0 Å². The van der Waals surface area contributed by atoms with Gasteiger partial charge < -0.3 is 0 Å². The number of rotatable bonds is 2. The molecule has 1 saturated heterocycles. The summed E-state index contributed by atoms with van der Waals surface area (Å²) >= 11 is 3.35. The standard InChI is InChI=1S/C8H15BrO2S/c1-8(2)7(3-5-9)4-6-12(8,10)11/h7H,3-6H2,1-2H3. The van der Waals surface area contributed by atoms with Crippen molar-refractivity contribution in [3.8, 4) is 0 Å². The third-order valence-electron chi connectivity index (χ3n) is 2.98. The van der Waals surface area contributed by atoms with Crippen LogP contribution in [0.3, 0.4) is 0 Å². The molecule has 4 heteroatoms. The monoisotopic (exact) mass is 254 g/mol. The van der Waals surface area contributed by atoms with E-state index in [-0.39, 0.29) is 0 Å². The molecule has 0 aromatic carbocycles. The quantitative estimate of drug-likeness (QED) is 0.707. The summed E-state index contributed by atoms with van der Waals surface area (Å²) in [6.07, 6.45) is 1.80. The number of sulfone groups is 1. The topological polar surface area (TPSA) is 34.1 Å². The third-order valence-corrected chi connectivity index (χ3v) is 6.14. The maximum absolute atomic E-state index is 11.6. The minimum absolute atomic E-state index is 0.335. The fraction of sp³-hybridized carbons (Fsp3) is 1.00. The van der Waals surface area contributed by atoms with Crippen LogP contribution in [0.4, 0.5) is 0 Å². The van der Waals surface area contributed by atoms with Crippen LogP contribution in [0.5, 0.6) is 0 Å². The Labute approximate surface area is 82.8 Å². The first-order valence-electron chi connectivity index (χ1n) is 4.20. The third kappa shape index (κ3) is 1.55. The number of alkyl halides is 1. The van der Waals surface area contributed by atoms with Gasteiger partial charge in [0.25, 0.3) is 0 Å². The summed E-state index contributed by atoms with van der Waals surface area (Å²) < 4.78 is 22.6. The van der Waals surface area contributed by atoms with E-state index in [9.17, 15) is 8.42 Å². The zero-order valence-electron chi connectivity index (χ0n) is 7.51. The average Bonchev–Trinajstić information content (AvgIpc) is 2.13. The largest absolute Gasteiger partial charge is 0.228 e. The SMILES string of the molecule is CC1(C)C(CCBr)CCS1(=O)=O. The molecule has 1 aliphatic rings. The molecule has 1 rings (SSSR count). The van der Waals surface area contributed by atoms with Gasteiger partial charge >= 0.3 is 0 Å². The Morgan fingerprint density at radius 3 is 2.42 bits per heavy atom. The van der Waals surface area contributed by atoms with E-state index in [0.717, 1.165) is 18.2 Å². The maximum atomic E-state index is 11.6. The second-order valence-corrected chi connectivity index (χ2v) is 7.37. The van der Waals surface area contributed by atoms with E-state index in [1.54, 1.807) is 0 Å². The van der Waals surface area contributed by atoms with Gasteiger partial charge in [0.05, 0.1) is 10.5 Å². The minimum Gasteiger partial charge on any atom is -0.228 e. The Morgan fingerprint density at radius 2 is 2.08 bits per heavy atom. The molecule has 1 fully saturated rings. The van der Waals surface area contributed by atoms with E-state index in [1.165, 1.54) is 0 Å². The van der Waals surface area contributed by atoms with Gasteiger partial charge in [0, 0.05) is 5.33 Å². The van der Waals surface area contributed by atoms with Crippen LogP contribution in [0.1, 0.15) is 26.7 Å². The van der Waals surface area contributed by atoms with Crippen molar-refractivity contribution in [3.63, 3.8) is 0 Å². The summed E-state index contributed by atoms with van der Waals surface area (Å²) in [5.74, 6) is 0.708. The first-order chi connectivity index (χ1) is 5.42. The molecule has 0 N–H and O–H groups in total. The van der Waals surface area contributed by atoms with Gasteiger partial charge in [-0.2, -0.15) is 0 Å². The summed E-state index contributed by atoms with van der Waals surface area (Å²) in [4.78, 5) is 0. The fourth-order valence-corrected chi connectivity index (χ4v) is 4.20. The molecule has 0 amide bonds. The lowest BCUT2D eigenvalue weighted by molar-refractivity contribution is 0.413. The van der Waals surface area contributed by atoms with Crippen LogP contribution in [0.15, 0.2) is 0 Å². The molecule has 1 atom stereocenters. The Kier molecular flexibility index (Phi) is 2.88. The zero-order chi connectivity index (χ0) is 9.41. The van der Waals surface area contributed by atoms with Crippen LogP contribution >= 0.6 is 15.9 Å². The van der Waals surface area contributed by atoms with Gasteiger partial charge in [-0.25, -0.2) is 8.42 Å². The van der Waals surface area contributed by atoms with Gasteiger partial charge in [0.2, 0.25) is 0 Å². The van der Waals surface area contributed by atoms with Crippen LogP contribution in [-0.2, 0) is 9.84 Å². The lowest BCUT2D eigenvalue weighted by Crippen LogP contribution is -2.33. The molecule has 1 aliphatic heterocycles. The Morgan fingerprint density at radius 1 is 1.50 bits per heavy atom. The van der Waals surface area contributed by atoms with Gasteiger partial charge in [-0.3, -0.25) is 0 Å². The lowest BCUT2D eigenvalue weighted by atomic mass is 9.91. The molecule has 0 aliphatic carbocycles. The van der Waals surface area contributed by atoms with E-state index in [0.29, 0.717) is 11.7 Å². The molecule has 0 aromatic heterocycles. The molecule has 12 heavy (non-hydrogen) atoms. The van der Waals surface area contributed by atoms with Crippen molar-refractivity contribution in [2.45, 2.75) is 31.4 Å². The Bertz CT molecular complexity index is 256. The van der Waals surface area contributed by atoms with Crippen LogP contribution in [-0.4, -0.2) is 24.2 Å². The van der Waals surface area contributed by atoms with Crippen molar-refractivity contribution in [3.05, 3.63) is 0 Å². The predicted octanol–water partition coefficient (Wildman–Crippen LogP) is 1.98. The molecule has 1 heterocycles. The van der Waals surface area contributed by atoms with Gasteiger partial charge in [-0.05, 0) is 32.6 Å². The summed E-state index contributed by atoms with van der Waals surface area (Å²) in [6, 6.07) is 0. The molecular weight excluding hydrogens is 240 g/mol. The van der Waals surface area contributed by atoms with E-state index in [1.807, 2.05) is 13.8 Å². The number of halogens is 1. The van der Waals surface area contributed by atoms with Crippen molar-refractivity contribution in [1.29, 1.82) is 0 Å². The van der Waals surface area contributed by atoms with E-state index in [2.05, 4.69) is 15.9 Å². The van der Waals surface area contributed by atoms with Gasteiger partial charge in [0.15, 0.2) is 9.84 Å². The Balaban J connectivity index is 2.86. The molecule has 0 radical (unpaired) electrons. The van der Waals surface area contributed by atoms with Gasteiger partial charge in [-0.15, -0.1) is 0 Å². The second kappa shape index (κ2) is 3.29. The summed E-state index contributed by atoms with van der Waals surface area (Å²) in [6.45, 7) is 3.70. The highest BCUT2D eigenvalue weighted by Crippen LogP contribution is 2.39. The molecule has 0 aromatic rings. The fourth-order valence-electron chi connectivity index (χ4n) is 1.79. The second-order valence-electron chi connectivity index (χ2n) is 3.89. The van der Waals surface area contributed by atoms with Gasteiger partial charge in [0.1, 0.15) is 0 Å². The molecular formula is C8H15BrO2S. The highest BCUT2D eigenvalue weighted by molar-refractivity contribution is 9.09. The zero-order valence-corrected chi connectivity index (χ0v) is 9.91. The van der Waals surface area contributed by atoms with Crippen molar-refractivity contribution >= 4 is 25.8 Å². The molecule has 1 unspecified atom stereocenters. The predicted molar refractivity (Wildman–Crippen MR) is 54.4 cm³/mol. The first-order valence-corrected chi connectivity index (χ1v) is 6.97. The first kappa shape index (κ1) is 10.5. The summed E-state index contributed by atoms with van der Waals surface area (Å²) in [7, 11) is -2.82. The number of hydrogen-bond donors (Lipinski definition) is 0. The molecule has 0 spiro atoms. The van der Waals surface area contributed by atoms with Crippen molar-refractivity contribution in [2.75, 3.05) is 11.1 Å². The van der Waals surface area contributed by atoms with E-state index in [4.69, 9.17) is 0 Å². The van der Waals surface area contributed by atoms with Crippen LogP contribution in [0, 0.1) is 5.92 Å². The van der Waals surface area contributed by atoms with Crippen LogP contribution in [0.25, 0.3) is 0 Å². The minimum atomic E-state index is -2.82. The lowest BCUT2D eigenvalue weighted by Gasteiger charge is -2.24. The van der Waals surface area contributed by atoms with Crippen molar-refractivity contribution < 1.29 is 8.42 Å². The Hall–Kier alpha value is 0.430. The number of hydrogen-bond acceptors (Lipinski definition) is 2. The van der Waals surface area contributed by atoms with E-state index < -0.39 is 14.6 Å². The van der Waals surface area contributed by atoms with Crippen LogP contribution in [0.2, 0.25) is 0 Å². The molecule has 2 nitrogen and oxygen atoms in total. The summed E-state index contributed by atoms with van der Waals surface area (Å²) in [5.41, 5.74) is 0. The van der Waals surface area contributed by atoms with Crippen LogP contribution < -0.4 is 0 Å².